The van der Waals surface area contributed by atoms with Gasteiger partial charge in [-0.25, -0.2) is 4.79 Å². The summed E-state index contributed by atoms with van der Waals surface area (Å²) in [6.45, 7) is 4.09. The molecule has 0 rings (SSSR count). The van der Waals surface area contributed by atoms with Crippen molar-refractivity contribution in [2.45, 2.75) is 77.7 Å². The number of unbranched alkanes of at least 4 members (excludes halogenated alkanes) is 5. The number of carboxylic acids is 1. The van der Waals surface area contributed by atoms with Gasteiger partial charge in [0.05, 0.1) is 0 Å². The number of hydrogen-bond acceptors (Lipinski definition) is 2. The Balaban J connectivity index is 3.65. The highest BCUT2D eigenvalue weighted by Gasteiger charge is 2.17. The molecule has 0 aromatic rings. The van der Waals surface area contributed by atoms with Gasteiger partial charge in [0, 0.05) is 6.42 Å². The van der Waals surface area contributed by atoms with Crippen molar-refractivity contribution in [1.29, 1.82) is 0 Å². The summed E-state index contributed by atoms with van der Waals surface area (Å²) >= 11 is 0. The molecule has 2 N–H and O–H groups in total. The van der Waals surface area contributed by atoms with Gasteiger partial charge in [-0.15, -0.1) is 0 Å². The molecule has 4 heteroatoms. The van der Waals surface area contributed by atoms with E-state index in [9.17, 15) is 9.59 Å². The molecule has 106 valence electrons. The molecule has 1 amide bonds. The van der Waals surface area contributed by atoms with Crippen molar-refractivity contribution in [2.75, 3.05) is 0 Å². The second-order valence-corrected chi connectivity index (χ2v) is 4.76. The van der Waals surface area contributed by atoms with E-state index in [1.165, 1.54) is 25.7 Å². The molecule has 4 nitrogen and oxygen atoms in total. The first kappa shape index (κ1) is 16.9. The molecule has 0 bridgehead atoms. The average molecular weight is 257 g/mol. The van der Waals surface area contributed by atoms with Crippen molar-refractivity contribution in [2.24, 2.45) is 0 Å². The first-order valence-corrected chi connectivity index (χ1v) is 7.14. The minimum atomic E-state index is -0.937. The molecule has 0 aliphatic rings. The van der Waals surface area contributed by atoms with Crippen molar-refractivity contribution in [3.05, 3.63) is 0 Å². The van der Waals surface area contributed by atoms with Gasteiger partial charge in [-0.05, 0) is 12.8 Å². The number of aliphatic carboxylic acids is 1. The molecule has 0 aromatic carbocycles. The minimum Gasteiger partial charge on any atom is -0.480 e. The van der Waals surface area contributed by atoms with Crippen LogP contribution in [0.2, 0.25) is 0 Å². The van der Waals surface area contributed by atoms with E-state index in [2.05, 4.69) is 12.2 Å². The maximum absolute atomic E-state index is 11.5. The predicted octanol–water partition coefficient (Wildman–Crippen LogP) is 3.11. The summed E-state index contributed by atoms with van der Waals surface area (Å²) in [6.07, 6.45) is 8.48. The summed E-state index contributed by atoms with van der Waals surface area (Å²) in [7, 11) is 0. The highest BCUT2D eigenvalue weighted by Crippen LogP contribution is 2.07. The van der Waals surface area contributed by atoms with E-state index < -0.39 is 12.0 Å². The maximum atomic E-state index is 11.5. The van der Waals surface area contributed by atoms with Crippen LogP contribution in [-0.4, -0.2) is 23.0 Å². The maximum Gasteiger partial charge on any atom is 0.326 e. The molecule has 0 unspecified atom stereocenters. The molecule has 18 heavy (non-hydrogen) atoms. The zero-order chi connectivity index (χ0) is 13.8. The Hall–Kier alpha value is -1.06. The fourth-order valence-electron chi connectivity index (χ4n) is 1.88. The number of carbonyl (C=O) groups is 2. The van der Waals surface area contributed by atoms with Gasteiger partial charge >= 0.3 is 5.97 Å². The fourth-order valence-corrected chi connectivity index (χ4v) is 1.88. The predicted molar refractivity (Wildman–Crippen MR) is 72.5 cm³/mol. The third kappa shape index (κ3) is 9.02. The fraction of sp³-hybridized carbons (Fsp3) is 0.857. The Labute approximate surface area is 110 Å². The summed E-state index contributed by atoms with van der Waals surface area (Å²) in [5.74, 6) is -1.07. The number of nitrogens with one attached hydrogen (secondary N) is 1. The van der Waals surface area contributed by atoms with Gasteiger partial charge in [0.1, 0.15) is 6.04 Å². The zero-order valence-electron chi connectivity index (χ0n) is 11.7. The lowest BCUT2D eigenvalue weighted by Gasteiger charge is -2.13. The van der Waals surface area contributed by atoms with E-state index in [1.54, 1.807) is 0 Å². The SMILES string of the molecule is CCCCCCCCC(=O)N[C@H](CCC)C(=O)O. The molecule has 0 radical (unpaired) electrons. The van der Waals surface area contributed by atoms with E-state index in [-0.39, 0.29) is 5.91 Å². The van der Waals surface area contributed by atoms with Gasteiger partial charge in [-0.1, -0.05) is 52.4 Å². The average Bonchev–Trinajstić information content (AvgIpc) is 2.33. The van der Waals surface area contributed by atoms with E-state index >= 15 is 0 Å². The molecule has 0 spiro atoms. The van der Waals surface area contributed by atoms with Crippen molar-refractivity contribution < 1.29 is 14.7 Å². The van der Waals surface area contributed by atoms with Crippen LogP contribution in [0.1, 0.15) is 71.6 Å². The molecule has 0 aliphatic heterocycles. The van der Waals surface area contributed by atoms with Gasteiger partial charge in [0.25, 0.3) is 0 Å². The van der Waals surface area contributed by atoms with E-state index in [4.69, 9.17) is 5.11 Å². The van der Waals surface area contributed by atoms with Crippen LogP contribution in [0.4, 0.5) is 0 Å². The summed E-state index contributed by atoms with van der Waals surface area (Å²) in [6, 6.07) is -0.720. The van der Waals surface area contributed by atoms with Gasteiger partial charge < -0.3 is 10.4 Å². The monoisotopic (exact) mass is 257 g/mol. The third-order valence-corrected chi connectivity index (χ3v) is 2.97. The third-order valence-electron chi connectivity index (χ3n) is 2.97. The molecule has 0 saturated heterocycles. The van der Waals surface area contributed by atoms with Crippen LogP contribution in [0.25, 0.3) is 0 Å². The van der Waals surface area contributed by atoms with E-state index in [0.717, 1.165) is 19.3 Å². The normalized spacial score (nSPS) is 12.1. The van der Waals surface area contributed by atoms with Crippen LogP contribution >= 0.6 is 0 Å². The summed E-state index contributed by atoms with van der Waals surface area (Å²) in [5.41, 5.74) is 0. The second kappa shape index (κ2) is 11.1. The highest BCUT2D eigenvalue weighted by molar-refractivity contribution is 5.83. The number of carbonyl (C=O) groups excluding carboxylic acids is 1. The molecule has 0 saturated carbocycles. The largest absolute Gasteiger partial charge is 0.480 e. The van der Waals surface area contributed by atoms with Crippen molar-refractivity contribution >= 4 is 11.9 Å². The topological polar surface area (TPSA) is 66.4 Å². The van der Waals surface area contributed by atoms with Crippen LogP contribution < -0.4 is 5.32 Å². The molecule has 1 atom stereocenters. The number of carboxylic acid groups (broad SMARTS) is 1. The number of rotatable bonds is 11. The van der Waals surface area contributed by atoms with E-state index in [0.29, 0.717) is 12.8 Å². The Morgan fingerprint density at radius 2 is 1.61 bits per heavy atom. The Kier molecular flexibility index (Phi) is 10.4. The van der Waals surface area contributed by atoms with Crippen molar-refractivity contribution in [3.8, 4) is 0 Å². The van der Waals surface area contributed by atoms with E-state index in [1.807, 2.05) is 6.92 Å². The minimum absolute atomic E-state index is 0.133. The second-order valence-electron chi connectivity index (χ2n) is 4.76. The Morgan fingerprint density at radius 3 is 2.17 bits per heavy atom. The summed E-state index contributed by atoms with van der Waals surface area (Å²) in [4.78, 5) is 22.4. The molecule has 0 heterocycles. The van der Waals surface area contributed by atoms with Gasteiger partial charge in [0.2, 0.25) is 5.91 Å². The number of amides is 1. The first-order chi connectivity index (χ1) is 8.61. The molecule has 0 aromatic heterocycles. The first-order valence-electron chi connectivity index (χ1n) is 7.14. The zero-order valence-corrected chi connectivity index (χ0v) is 11.7. The number of hydrogen-bond donors (Lipinski definition) is 2. The lowest BCUT2D eigenvalue weighted by atomic mass is 10.1. The van der Waals surface area contributed by atoms with Gasteiger partial charge in [0.15, 0.2) is 0 Å². The molecule has 0 fully saturated rings. The van der Waals surface area contributed by atoms with Crippen LogP contribution in [0.15, 0.2) is 0 Å². The lowest BCUT2D eigenvalue weighted by molar-refractivity contribution is -0.142. The van der Waals surface area contributed by atoms with Crippen LogP contribution in [0.5, 0.6) is 0 Å². The highest BCUT2D eigenvalue weighted by atomic mass is 16.4. The van der Waals surface area contributed by atoms with Gasteiger partial charge in [-0.2, -0.15) is 0 Å². The quantitative estimate of drug-likeness (QED) is 0.559. The van der Waals surface area contributed by atoms with Crippen LogP contribution in [0, 0.1) is 0 Å². The van der Waals surface area contributed by atoms with Gasteiger partial charge in [-0.3, -0.25) is 4.79 Å². The Morgan fingerprint density at radius 1 is 1.00 bits per heavy atom. The van der Waals surface area contributed by atoms with Crippen molar-refractivity contribution in [3.63, 3.8) is 0 Å². The summed E-state index contributed by atoms with van der Waals surface area (Å²) < 4.78 is 0. The van der Waals surface area contributed by atoms with Crippen LogP contribution in [-0.2, 0) is 9.59 Å². The lowest BCUT2D eigenvalue weighted by Crippen LogP contribution is -2.40. The Bertz CT molecular complexity index is 241. The standard InChI is InChI=1S/C14H27NO3/c1-3-5-6-7-8-9-11-13(16)15-12(10-4-2)14(17)18/h12H,3-11H2,1-2H3,(H,15,16)(H,17,18)/t12-/m1/s1. The molecular weight excluding hydrogens is 230 g/mol. The van der Waals surface area contributed by atoms with Crippen molar-refractivity contribution in [1.82, 2.24) is 5.32 Å². The molecular formula is C14H27NO3. The van der Waals surface area contributed by atoms with Crippen LogP contribution in [0.3, 0.4) is 0 Å². The molecule has 0 aliphatic carbocycles. The summed E-state index contributed by atoms with van der Waals surface area (Å²) in [5, 5.41) is 11.5. The smallest absolute Gasteiger partial charge is 0.326 e.